The fraction of sp³-hybridized carbons (Fsp3) is 0.500. The number of carbonyl (C=O) groups excluding carboxylic acids is 1. The molecular weight excluding hydrogens is 446 g/mol. The van der Waals surface area contributed by atoms with Gasteiger partial charge in [-0.3, -0.25) is 9.69 Å². The number of rotatable bonds is 7. The summed E-state index contributed by atoms with van der Waals surface area (Å²) in [6, 6.07) is 11.2. The number of amides is 1. The molecule has 1 atom stereocenters. The van der Waals surface area contributed by atoms with Crippen LogP contribution in [0.15, 0.2) is 42.5 Å². The van der Waals surface area contributed by atoms with Crippen molar-refractivity contribution in [3.05, 3.63) is 70.2 Å². The minimum absolute atomic E-state index is 0.0700. The largest absolute Gasteiger partial charge is 0.367 e. The van der Waals surface area contributed by atoms with Gasteiger partial charge in [-0.05, 0) is 42.7 Å². The highest BCUT2D eigenvalue weighted by Gasteiger charge is 2.29. The molecule has 0 unspecified atom stereocenters. The van der Waals surface area contributed by atoms with Crippen molar-refractivity contribution in [1.29, 1.82) is 0 Å². The molecule has 1 saturated carbocycles. The van der Waals surface area contributed by atoms with Crippen LogP contribution in [0.1, 0.15) is 49.3 Å². The number of hydrogen-bond donors (Lipinski definition) is 0. The minimum atomic E-state index is -0.611. The minimum Gasteiger partial charge on any atom is -0.367 e. The molecule has 0 bridgehead atoms. The molecule has 1 aliphatic heterocycles. The zero-order valence-electron chi connectivity index (χ0n) is 18.8. The monoisotopic (exact) mass is 476 g/mol. The summed E-state index contributed by atoms with van der Waals surface area (Å²) in [6.07, 6.45) is 5.19. The Kier molecular flexibility index (Phi) is 8.34. The van der Waals surface area contributed by atoms with Gasteiger partial charge in [0, 0.05) is 49.2 Å². The van der Waals surface area contributed by atoms with Crippen LogP contribution < -0.4 is 0 Å². The van der Waals surface area contributed by atoms with E-state index in [-0.39, 0.29) is 24.2 Å². The molecule has 0 spiro atoms. The van der Waals surface area contributed by atoms with E-state index in [0.717, 1.165) is 44.3 Å². The second kappa shape index (κ2) is 11.4. The van der Waals surface area contributed by atoms with Crippen molar-refractivity contribution in [3.63, 3.8) is 0 Å². The van der Waals surface area contributed by atoms with Crippen molar-refractivity contribution in [1.82, 2.24) is 9.80 Å². The summed E-state index contributed by atoms with van der Waals surface area (Å²) in [4.78, 5) is 17.1. The van der Waals surface area contributed by atoms with Gasteiger partial charge >= 0.3 is 0 Å². The summed E-state index contributed by atoms with van der Waals surface area (Å²) < 4.78 is 34.2. The first kappa shape index (κ1) is 24.1. The molecule has 0 aromatic heterocycles. The summed E-state index contributed by atoms with van der Waals surface area (Å²) in [5.74, 6) is -0.736. The second-order valence-corrected chi connectivity index (χ2v) is 9.45. The van der Waals surface area contributed by atoms with Gasteiger partial charge in [0.2, 0.25) is 5.91 Å². The number of ether oxygens (including phenoxy) is 1. The van der Waals surface area contributed by atoms with Gasteiger partial charge < -0.3 is 9.64 Å². The Hall–Kier alpha value is -2.02. The highest BCUT2D eigenvalue weighted by atomic mass is 35.5. The van der Waals surface area contributed by atoms with Crippen LogP contribution in [0.2, 0.25) is 5.02 Å². The molecule has 1 heterocycles. The van der Waals surface area contributed by atoms with E-state index >= 15 is 0 Å². The fourth-order valence-electron chi connectivity index (χ4n) is 4.78. The van der Waals surface area contributed by atoms with E-state index in [1.54, 1.807) is 12.1 Å². The van der Waals surface area contributed by atoms with Crippen LogP contribution in [0.4, 0.5) is 8.78 Å². The SMILES string of the molecule is O=C(C1CCCCC1)N1CCN(C[C@@H](OCc2c(F)cccc2F)c2ccc(Cl)cc2)CC1. The van der Waals surface area contributed by atoms with Crippen LogP contribution in [0, 0.1) is 17.6 Å². The Labute approximate surface area is 199 Å². The maximum Gasteiger partial charge on any atom is 0.225 e. The lowest BCUT2D eigenvalue weighted by Crippen LogP contribution is -2.51. The average Bonchev–Trinajstić information content (AvgIpc) is 2.84. The summed E-state index contributed by atoms with van der Waals surface area (Å²) in [5.41, 5.74) is 0.830. The lowest BCUT2D eigenvalue weighted by atomic mass is 9.88. The number of nitrogens with zero attached hydrogens (tertiary/aromatic N) is 2. The molecular formula is C26H31ClF2N2O2. The zero-order valence-corrected chi connectivity index (χ0v) is 19.6. The van der Waals surface area contributed by atoms with Crippen LogP contribution in [0.5, 0.6) is 0 Å². The van der Waals surface area contributed by atoms with Crippen molar-refractivity contribution in [3.8, 4) is 0 Å². The third kappa shape index (κ3) is 6.31. The van der Waals surface area contributed by atoms with Gasteiger partial charge in [0.15, 0.2) is 0 Å². The molecule has 0 radical (unpaired) electrons. The van der Waals surface area contributed by atoms with Crippen LogP contribution in [0.25, 0.3) is 0 Å². The highest BCUT2D eigenvalue weighted by Crippen LogP contribution is 2.27. The molecule has 4 nitrogen and oxygen atoms in total. The van der Waals surface area contributed by atoms with E-state index in [1.807, 2.05) is 17.0 Å². The Morgan fingerprint density at radius 1 is 0.970 bits per heavy atom. The van der Waals surface area contributed by atoms with Crippen molar-refractivity contribution in [2.24, 2.45) is 5.92 Å². The van der Waals surface area contributed by atoms with Crippen LogP contribution >= 0.6 is 11.6 Å². The maximum absolute atomic E-state index is 14.1. The first-order chi connectivity index (χ1) is 16.0. The lowest BCUT2D eigenvalue weighted by Gasteiger charge is -2.38. The predicted octanol–water partition coefficient (Wildman–Crippen LogP) is 5.60. The fourth-order valence-corrected chi connectivity index (χ4v) is 4.90. The van der Waals surface area contributed by atoms with Crippen molar-refractivity contribution < 1.29 is 18.3 Å². The molecule has 178 valence electrons. The van der Waals surface area contributed by atoms with Crippen LogP contribution in [-0.2, 0) is 16.1 Å². The molecule has 1 amide bonds. The van der Waals surface area contributed by atoms with Gasteiger partial charge in [0.1, 0.15) is 11.6 Å². The summed E-state index contributed by atoms with van der Waals surface area (Å²) >= 11 is 6.04. The zero-order chi connectivity index (χ0) is 23.2. The Morgan fingerprint density at radius 2 is 1.61 bits per heavy atom. The third-order valence-electron chi connectivity index (χ3n) is 6.79. The number of piperazine rings is 1. The van der Waals surface area contributed by atoms with E-state index in [9.17, 15) is 13.6 Å². The van der Waals surface area contributed by atoms with Gasteiger partial charge in [-0.25, -0.2) is 8.78 Å². The third-order valence-corrected chi connectivity index (χ3v) is 7.05. The standard InChI is InChI=1S/C26H31ClF2N2O2/c27-21-11-9-19(10-12-21)25(33-18-22-23(28)7-4-8-24(22)29)17-30-13-15-31(16-14-30)26(32)20-5-2-1-3-6-20/h4,7-12,20,25H,1-3,5-6,13-18H2/t25-/m1/s1. The molecule has 4 rings (SSSR count). The van der Waals surface area contributed by atoms with Crippen molar-refractivity contribution in [2.75, 3.05) is 32.7 Å². The summed E-state index contributed by atoms with van der Waals surface area (Å²) in [6.45, 7) is 3.31. The van der Waals surface area contributed by atoms with E-state index in [4.69, 9.17) is 16.3 Å². The number of carbonyl (C=O) groups is 1. The van der Waals surface area contributed by atoms with Gasteiger partial charge in [0.25, 0.3) is 0 Å². The second-order valence-electron chi connectivity index (χ2n) is 9.01. The molecule has 2 aromatic rings. The average molecular weight is 477 g/mol. The molecule has 1 aliphatic carbocycles. The molecule has 33 heavy (non-hydrogen) atoms. The molecule has 2 aliphatic rings. The number of benzene rings is 2. The van der Waals surface area contributed by atoms with Crippen LogP contribution in [0.3, 0.4) is 0 Å². The van der Waals surface area contributed by atoms with Gasteiger partial charge in [-0.2, -0.15) is 0 Å². The van der Waals surface area contributed by atoms with E-state index in [1.165, 1.54) is 24.6 Å². The Bertz CT molecular complexity index is 906. The number of halogens is 3. The van der Waals surface area contributed by atoms with Gasteiger partial charge in [0.05, 0.1) is 12.7 Å². The van der Waals surface area contributed by atoms with E-state index in [2.05, 4.69) is 4.90 Å². The topological polar surface area (TPSA) is 32.8 Å². The maximum atomic E-state index is 14.1. The van der Waals surface area contributed by atoms with Crippen molar-refractivity contribution in [2.45, 2.75) is 44.8 Å². The highest BCUT2D eigenvalue weighted by molar-refractivity contribution is 6.30. The number of hydrogen-bond acceptors (Lipinski definition) is 3. The molecule has 2 fully saturated rings. The normalized spacial score (nSPS) is 18.9. The van der Waals surface area contributed by atoms with E-state index < -0.39 is 11.6 Å². The van der Waals surface area contributed by atoms with Crippen molar-refractivity contribution >= 4 is 17.5 Å². The molecule has 7 heteroatoms. The summed E-state index contributed by atoms with van der Waals surface area (Å²) in [7, 11) is 0. The Morgan fingerprint density at radius 3 is 2.24 bits per heavy atom. The molecule has 1 saturated heterocycles. The van der Waals surface area contributed by atoms with Gasteiger partial charge in [-0.15, -0.1) is 0 Å². The Balaban J connectivity index is 1.38. The lowest BCUT2D eigenvalue weighted by molar-refractivity contribution is -0.138. The molecule has 2 aromatic carbocycles. The van der Waals surface area contributed by atoms with E-state index in [0.29, 0.717) is 30.6 Å². The summed E-state index contributed by atoms with van der Waals surface area (Å²) in [5, 5.41) is 0.618. The van der Waals surface area contributed by atoms with Crippen LogP contribution in [-0.4, -0.2) is 48.4 Å². The first-order valence-electron chi connectivity index (χ1n) is 11.8. The van der Waals surface area contributed by atoms with Gasteiger partial charge in [-0.1, -0.05) is 49.1 Å². The first-order valence-corrected chi connectivity index (χ1v) is 12.2. The molecule has 0 N–H and O–H groups in total. The predicted molar refractivity (Wildman–Crippen MR) is 125 cm³/mol. The smallest absolute Gasteiger partial charge is 0.225 e. The quantitative estimate of drug-likeness (QED) is 0.521.